The molecule has 0 radical (unpaired) electrons. The Morgan fingerprint density at radius 3 is 3.00 bits per heavy atom. The Bertz CT molecular complexity index is 696. The topological polar surface area (TPSA) is 70.7 Å². The monoisotopic (exact) mass is 272 g/mol. The van der Waals surface area contributed by atoms with Crippen molar-refractivity contribution < 1.29 is 9.90 Å². The molecule has 3 atom stereocenters. The number of anilines is 1. The Morgan fingerprint density at radius 2 is 2.25 bits per heavy atom. The van der Waals surface area contributed by atoms with Gasteiger partial charge in [-0.1, -0.05) is 0 Å². The first-order valence-corrected chi connectivity index (χ1v) is 6.96. The van der Waals surface area contributed by atoms with Crippen molar-refractivity contribution in [1.82, 2.24) is 14.6 Å². The minimum Gasteiger partial charge on any atom is -0.481 e. The summed E-state index contributed by atoms with van der Waals surface area (Å²) >= 11 is 0. The van der Waals surface area contributed by atoms with Crippen LogP contribution in [0.3, 0.4) is 0 Å². The van der Waals surface area contributed by atoms with Gasteiger partial charge in [-0.15, -0.1) is 0 Å². The van der Waals surface area contributed by atoms with Crippen molar-refractivity contribution in [1.29, 1.82) is 0 Å². The SMILES string of the molecule is Cc1cc(N2C3CCC2C(C(=O)O)C3)n2ncnc2c1. The van der Waals surface area contributed by atoms with Gasteiger partial charge in [-0.25, -0.2) is 4.98 Å². The molecule has 1 N–H and O–H groups in total. The van der Waals surface area contributed by atoms with Crippen molar-refractivity contribution >= 4 is 17.4 Å². The molecule has 3 unspecified atom stereocenters. The van der Waals surface area contributed by atoms with Crippen LogP contribution in [0.15, 0.2) is 18.5 Å². The van der Waals surface area contributed by atoms with Gasteiger partial charge in [0.05, 0.1) is 5.92 Å². The van der Waals surface area contributed by atoms with Gasteiger partial charge in [0.2, 0.25) is 0 Å². The fourth-order valence-corrected chi connectivity index (χ4v) is 3.83. The van der Waals surface area contributed by atoms with Crippen LogP contribution in [0.5, 0.6) is 0 Å². The first kappa shape index (κ1) is 11.7. The van der Waals surface area contributed by atoms with E-state index in [0.29, 0.717) is 6.04 Å². The van der Waals surface area contributed by atoms with Gasteiger partial charge in [0.25, 0.3) is 0 Å². The van der Waals surface area contributed by atoms with E-state index in [1.807, 2.05) is 17.5 Å². The predicted octanol–water partition coefficient (Wildman–Crippen LogP) is 1.48. The van der Waals surface area contributed by atoms with Crippen LogP contribution >= 0.6 is 0 Å². The zero-order valence-electron chi connectivity index (χ0n) is 11.2. The summed E-state index contributed by atoms with van der Waals surface area (Å²) < 4.78 is 1.82. The maximum Gasteiger partial charge on any atom is 0.308 e. The largest absolute Gasteiger partial charge is 0.481 e. The van der Waals surface area contributed by atoms with E-state index >= 15 is 0 Å². The highest BCUT2D eigenvalue weighted by atomic mass is 16.4. The Kier molecular flexibility index (Phi) is 2.31. The molecule has 6 nitrogen and oxygen atoms in total. The zero-order valence-corrected chi connectivity index (χ0v) is 11.2. The van der Waals surface area contributed by atoms with E-state index < -0.39 is 5.97 Å². The number of fused-ring (bicyclic) bond motifs is 3. The van der Waals surface area contributed by atoms with Crippen molar-refractivity contribution in [2.75, 3.05) is 4.90 Å². The van der Waals surface area contributed by atoms with Crippen molar-refractivity contribution in [2.24, 2.45) is 5.92 Å². The Morgan fingerprint density at radius 1 is 1.40 bits per heavy atom. The first-order valence-electron chi connectivity index (χ1n) is 6.96. The molecular weight excluding hydrogens is 256 g/mol. The van der Waals surface area contributed by atoms with Gasteiger partial charge < -0.3 is 10.0 Å². The Hall–Kier alpha value is -2.11. The molecule has 2 aliphatic heterocycles. The smallest absolute Gasteiger partial charge is 0.308 e. The molecule has 2 bridgehead atoms. The Balaban J connectivity index is 1.84. The maximum atomic E-state index is 11.4. The lowest BCUT2D eigenvalue weighted by molar-refractivity contribution is -0.142. The molecule has 104 valence electrons. The predicted molar refractivity (Wildman–Crippen MR) is 72.8 cm³/mol. The summed E-state index contributed by atoms with van der Waals surface area (Å²) in [5, 5.41) is 13.7. The van der Waals surface area contributed by atoms with Gasteiger partial charge in [0.1, 0.15) is 12.1 Å². The lowest BCUT2D eigenvalue weighted by atomic mass is 9.89. The van der Waals surface area contributed by atoms with Gasteiger partial charge in [-0.2, -0.15) is 9.61 Å². The summed E-state index contributed by atoms with van der Waals surface area (Å²) in [5.41, 5.74) is 1.94. The molecule has 2 fully saturated rings. The van der Waals surface area contributed by atoms with Crippen LogP contribution in [0.25, 0.3) is 5.65 Å². The van der Waals surface area contributed by atoms with Crippen LogP contribution in [-0.4, -0.2) is 37.8 Å². The number of hydrogen-bond donors (Lipinski definition) is 1. The molecule has 6 heteroatoms. The van der Waals surface area contributed by atoms with E-state index in [1.54, 1.807) is 6.33 Å². The minimum atomic E-state index is -0.676. The van der Waals surface area contributed by atoms with Gasteiger partial charge in [0, 0.05) is 12.1 Å². The number of pyridine rings is 1. The summed E-state index contributed by atoms with van der Waals surface area (Å²) in [6.07, 6.45) is 4.30. The second-order valence-corrected chi connectivity index (χ2v) is 5.81. The normalized spacial score (nSPS) is 28.4. The quantitative estimate of drug-likeness (QED) is 0.896. The van der Waals surface area contributed by atoms with Crippen LogP contribution < -0.4 is 4.90 Å². The highest BCUT2D eigenvalue weighted by molar-refractivity contribution is 5.74. The van der Waals surface area contributed by atoms with Crippen LogP contribution in [-0.2, 0) is 4.79 Å². The third-order valence-electron chi connectivity index (χ3n) is 4.62. The number of aryl methyl sites for hydroxylation is 1. The molecule has 2 saturated heterocycles. The first-order chi connectivity index (χ1) is 9.65. The average Bonchev–Trinajstić information content (AvgIpc) is 3.10. The molecule has 0 saturated carbocycles. The van der Waals surface area contributed by atoms with Crippen LogP contribution in [0.2, 0.25) is 0 Å². The lowest BCUT2D eigenvalue weighted by Crippen LogP contribution is -2.34. The summed E-state index contributed by atoms with van der Waals surface area (Å²) in [6, 6.07) is 4.47. The standard InChI is InChI=1S/C14H16N4O2/c1-8-4-12-15-7-16-18(12)13(5-8)17-9-2-3-11(17)10(6-9)14(19)20/h4-5,7,9-11H,2-3,6H2,1H3,(H,19,20). The second-order valence-electron chi connectivity index (χ2n) is 5.81. The van der Waals surface area contributed by atoms with E-state index in [9.17, 15) is 9.90 Å². The van der Waals surface area contributed by atoms with Crippen molar-refractivity contribution in [3.8, 4) is 0 Å². The average molecular weight is 272 g/mol. The molecule has 0 aromatic carbocycles. The number of aliphatic carboxylic acids is 1. The summed E-state index contributed by atoms with van der Waals surface area (Å²) in [6.45, 7) is 2.03. The fraction of sp³-hybridized carbons (Fsp3) is 0.500. The van der Waals surface area contributed by atoms with E-state index in [4.69, 9.17) is 0 Å². The van der Waals surface area contributed by atoms with Crippen molar-refractivity contribution in [2.45, 2.75) is 38.3 Å². The molecule has 2 aromatic rings. The summed E-state index contributed by atoms with van der Waals surface area (Å²) in [7, 11) is 0. The second kappa shape index (κ2) is 3.94. The fourth-order valence-electron chi connectivity index (χ4n) is 3.83. The summed E-state index contributed by atoms with van der Waals surface area (Å²) in [5.74, 6) is 0.0475. The molecule has 4 heterocycles. The van der Waals surface area contributed by atoms with E-state index in [2.05, 4.69) is 21.0 Å². The minimum absolute atomic E-state index is 0.0895. The number of nitrogens with zero attached hydrogens (tertiary/aromatic N) is 4. The highest BCUT2D eigenvalue weighted by Gasteiger charge is 2.50. The maximum absolute atomic E-state index is 11.4. The van der Waals surface area contributed by atoms with E-state index in [1.165, 1.54) is 0 Å². The number of carboxylic acids is 1. The number of carbonyl (C=O) groups is 1. The molecule has 0 aliphatic carbocycles. The lowest BCUT2D eigenvalue weighted by Gasteiger charge is -2.25. The van der Waals surface area contributed by atoms with Gasteiger partial charge >= 0.3 is 5.97 Å². The number of hydrogen-bond acceptors (Lipinski definition) is 4. The highest BCUT2D eigenvalue weighted by Crippen LogP contribution is 2.44. The Labute approximate surface area is 116 Å². The van der Waals surface area contributed by atoms with Crippen LogP contribution in [0.1, 0.15) is 24.8 Å². The zero-order chi connectivity index (χ0) is 13.9. The third kappa shape index (κ3) is 1.47. The van der Waals surface area contributed by atoms with Crippen LogP contribution in [0, 0.1) is 12.8 Å². The number of rotatable bonds is 2. The van der Waals surface area contributed by atoms with E-state index in [-0.39, 0.29) is 12.0 Å². The molecule has 4 rings (SSSR count). The van der Waals surface area contributed by atoms with Gasteiger partial charge in [-0.05, 0) is 43.9 Å². The molecule has 20 heavy (non-hydrogen) atoms. The molecule has 0 amide bonds. The summed E-state index contributed by atoms with van der Waals surface area (Å²) in [4.78, 5) is 17.9. The van der Waals surface area contributed by atoms with Crippen LogP contribution in [0.4, 0.5) is 5.82 Å². The number of carboxylic acid groups (broad SMARTS) is 1. The van der Waals surface area contributed by atoms with Gasteiger partial charge in [-0.3, -0.25) is 4.79 Å². The number of aromatic nitrogens is 3. The third-order valence-corrected chi connectivity index (χ3v) is 4.62. The van der Waals surface area contributed by atoms with Crippen molar-refractivity contribution in [3.05, 3.63) is 24.0 Å². The molecular formula is C14H16N4O2. The van der Waals surface area contributed by atoms with Gasteiger partial charge in [0.15, 0.2) is 5.65 Å². The molecule has 0 spiro atoms. The molecule has 2 aromatic heterocycles. The van der Waals surface area contributed by atoms with Crippen molar-refractivity contribution in [3.63, 3.8) is 0 Å². The van der Waals surface area contributed by atoms with E-state index in [0.717, 1.165) is 36.3 Å². The molecule has 2 aliphatic rings.